The number of hydrogen-bond acceptors (Lipinski definition) is 3. The Hall–Kier alpha value is -2.91. The van der Waals surface area contributed by atoms with Crippen molar-refractivity contribution in [2.45, 2.75) is 57.6 Å². The maximum atomic E-state index is 7.05. The van der Waals surface area contributed by atoms with Gasteiger partial charge in [0.05, 0.1) is 16.6 Å². The summed E-state index contributed by atoms with van der Waals surface area (Å²) in [5.74, 6) is 1.16. The lowest BCUT2D eigenvalue weighted by atomic mass is 9.44. The highest BCUT2D eigenvalue weighted by atomic mass is 16.5. The molecule has 1 fully saturated rings. The Morgan fingerprint density at radius 3 is 2.79 bits per heavy atom. The number of hydrogen-bond donors (Lipinski definition) is 0. The van der Waals surface area contributed by atoms with Crippen LogP contribution < -0.4 is 4.74 Å². The fraction of sp³-hybridized carbons (Fsp3) is 0.387. The zero-order chi connectivity index (χ0) is 23.0. The van der Waals surface area contributed by atoms with Gasteiger partial charge in [-0.05, 0) is 85.8 Å². The zero-order valence-electron chi connectivity index (χ0n) is 20.4. The summed E-state index contributed by atoms with van der Waals surface area (Å²) in [6.45, 7) is 8.24. The van der Waals surface area contributed by atoms with Crippen LogP contribution in [0.5, 0.6) is 5.75 Å². The van der Waals surface area contributed by atoms with Crippen molar-refractivity contribution in [3.8, 4) is 5.75 Å². The molecule has 3 heterocycles. The van der Waals surface area contributed by atoms with Gasteiger partial charge in [0.2, 0.25) is 0 Å². The lowest BCUT2D eigenvalue weighted by Gasteiger charge is -2.64. The number of pyridine rings is 1. The van der Waals surface area contributed by atoms with E-state index in [1.165, 1.54) is 49.7 Å². The van der Waals surface area contributed by atoms with Gasteiger partial charge in [0.1, 0.15) is 5.75 Å². The lowest BCUT2D eigenvalue weighted by molar-refractivity contribution is -0.0910. The van der Waals surface area contributed by atoms with Gasteiger partial charge in [0.25, 0.3) is 0 Å². The van der Waals surface area contributed by atoms with Crippen LogP contribution in [0.15, 0.2) is 48.5 Å². The number of piperidine rings is 1. The maximum absolute atomic E-state index is 7.05. The van der Waals surface area contributed by atoms with Crippen LogP contribution in [-0.2, 0) is 18.3 Å². The molecule has 4 aromatic rings. The first kappa shape index (κ1) is 19.4. The van der Waals surface area contributed by atoms with Gasteiger partial charge >= 0.3 is 0 Å². The van der Waals surface area contributed by atoms with Crippen molar-refractivity contribution in [3.05, 3.63) is 82.0 Å². The summed E-state index contributed by atoms with van der Waals surface area (Å²) in [5.41, 5.74) is 9.56. The van der Waals surface area contributed by atoms with E-state index in [2.05, 4.69) is 81.2 Å². The minimum atomic E-state index is 0.00201. The molecule has 4 atom stereocenters. The molecule has 0 N–H and O–H groups in total. The molecule has 0 unspecified atom stereocenters. The number of aromatic nitrogens is 1. The Morgan fingerprint density at radius 2 is 1.91 bits per heavy atom. The largest absolute Gasteiger partial charge is 0.483 e. The average molecular weight is 447 g/mol. The molecule has 0 saturated carbocycles. The van der Waals surface area contributed by atoms with E-state index in [4.69, 9.17) is 9.72 Å². The first-order valence-corrected chi connectivity index (χ1v) is 12.7. The summed E-state index contributed by atoms with van der Waals surface area (Å²) in [5, 5.41) is 3.92. The molecule has 1 spiro atoms. The van der Waals surface area contributed by atoms with E-state index in [1.807, 2.05) is 0 Å². The summed E-state index contributed by atoms with van der Waals surface area (Å²) in [6.07, 6.45) is 3.33. The van der Waals surface area contributed by atoms with Crippen LogP contribution in [0.2, 0.25) is 0 Å². The third kappa shape index (κ3) is 1.96. The maximum Gasteiger partial charge on any atom is 0.151 e. The molecule has 2 aliphatic heterocycles. The van der Waals surface area contributed by atoms with E-state index in [0.29, 0.717) is 6.04 Å². The Labute approximate surface area is 200 Å². The summed E-state index contributed by atoms with van der Waals surface area (Å²) >= 11 is 0. The second-order valence-corrected chi connectivity index (χ2v) is 11.5. The number of rotatable bonds is 0. The van der Waals surface area contributed by atoms with E-state index in [9.17, 15) is 0 Å². The van der Waals surface area contributed by atoms with Crippen LogP contribution in [0.3, 0.4) is 0 Å². The minimum Gasteiger partial charge on any atom is -0.483 e. The first-order valence-electron chi connectivity index (χ1n) is 12.7. The van der Waals surface area contributed by atoms with Crippen molar-refractivity contribution < 1.29 is 4.74 Å². The predicted molar refractivity (Wildman–Crippen MR) is 137 cm³/mol. The minimum absolute atomic E-state index is 0.00201. The number of benzene rings is 3. The fourth-order valence-corrected chi connectivity index (χ4v) is 8.56. The predicted octanol–water partition coefficient (Wildman–Crippen LogP) is 6.20. The standard InChI is InChI=1S/C31H30N2O/c1-17-9-10-20-15-24-30(3)16-22-18(2)25-21-8-6-5-7-19(21)11-12-23(25)32-27(22)29-31(30,13-14-33(24)4)26(20)28(17)34-29/h5-12,24,29H,13-16H2,1-4H3/t24-,29+,30+,31+/m1/s1. The van der Waals surface area contributed by atoms with Crippen molar-refractivity contribution in [2.75, 3.05) is 13.6 Å². The van der Waals surface area contributed by atoms with E-state index in [1.54, 1.807) is 0 Å². The van der Waals surface area contributed by atoms with Gasteiger partial charge in [-0.2, -0.15) is 0 Å². The smallest absolute Gasteiger partial charge is 0.151 e. The lowest BCUT2D eigenvalue weighted by Crippen LogP contribution is -2.68. The molecule has 1 saturated heterocycles. The highest BCUT2D eigenvalue weighted by molar-refractivity contribution is 6.08. The average Bonchev–Trinajstić information content (AvgIpc) is 3.19. The van der Waals surface area contributed by atoms with Crippen LogP contribution in [0.25, 0.3) is 21.7 Å². The van der Waals surface area contributed by atoms with E-state index >= 15 is 0 Å². The number of ether oxygens (including phenoxy) is 1. The molecule has 2 bridgehead atoms. The van der Waals surface area contributed by atoms with Gasteiger partial charge < -0.3 is 9.64 Å². The van der Waals surface area contributed by atoms with E-state index in [0.717, 1.165) is 37.1 Å². The monoisotopic (exact) mass is 446 g/mol. The number of likely N-dealkylation sites (tertiary alicyclic amines) is 1. The molecule has 34 heavy (non-hydrogen) atoms. The van der Waals surface area contributed by atoms with Gasteiger partial charge in [0, 0.05) is 22.4 Å². The Bertz CT molecular complexity index is 1570. The molecular formula is C31H30N2O. The molecule has 0 amide bonds. The van der Waals surface area contributed by atoms with Crippen LogP contribution in [0, 0.1) is 19.3 Å². The van der Waals surface area contributed by atoms with Gasteiger partial charge in [-0.1, -0.05) is 49.4 Å². The van der Waals surface area contributed by atoms with Crippen LogP contribution in [-0.4, -0.2) is 29.5 Å². The van der Waals surface area contributed by atoms with Gasteiger partial charge in [-0.3, -0.25) is 0 Å². The third-order valence-corrected chi connectivity index (χ3v) is 10.2. The third-order valence-electron chi connectivity index (χ3n) is 10.2. The van der Waals surface area contributed by atoms with E-state index < -0.39 is 0 Å². The Kier molecular flexibility index (Phi) is 3.43. The number of nitrogens with zero attached hydrogens (tertiary/aromatic N) is 2. The van der Waals surface area contributed by atoms with Gasteiger partial charge in [-0.15, -0.1) is 0 Å². The quantitative estimate of drug-likeness (QED) is 0.301. The van der Waals surface area contributed by atoms with Crippen molar-refractivity contribution in [3.63, 3.8) is 0 Å². The van der Waals surface area contributed by atoms with Crippen molar-refractivity contribution in [1.29, 1.82) is 0 Å². The topological polar surface area (TPSA) is 25.4 Å². The summed E-state index contributed by atoms with van der Waals surface area (Å²) in [4.78, 5) is 8.06. The molecule has 3 heteroatoms. The Balaban J connectivity index is 1.49. The molecule has 3 aromatic carbocycles. The summed E-state index contributed by atoms with van der Waals surface area (Å²) in [6, 6.07) is 18.4. The SMILES string of the molecule is Cc1ccc2c3c1O[C@H]1c4nc5ccc6ccccc6c5c(C)c4C[C@@]4(C)[C@@H](C2)N(C)CC[C@]314. The Morgan fingerprint density at radius 1 is 1.06 bits per heavy atom. The van der Waals surface area contributed by atoms with Crippen LogP contribution in [0.4, 0.5) is 0 Å². The van der Waals surface area contributed by atoms with Gasteiger partial charge in [0.15, 0.2) is 6.10 Å². The van der Waals surface area contributed by atoms with Crippen LogP contribution >= 0.6 is 0 Å². The summed E-state index contributed by atoms with van der Waals surface area (Å²) in [7, 11) is 2.34. The number of aryl methyl sites for hydroxylation is 2. The molecular weight excluding hydrogens is 416 g/mol. The fourth-order valence-electron chi connectivity index (χ4n) is 8.56. The molecule has 3 nitrogen and oxygen atoms in total. The highest BCUT2D eigenvalue weighted by Crippen LogP contribution is 2.71. The summed E-state index contributed by atoms with van der Waals surface area (Å²) < 4.78 is 7.05. The number of fused-ring (bicyclic) bond motifs is 5. The molecule has 1 aromatic heterocycles. The molecule has 170 valence electrons. The molecule has 2 aliphatic carbocycles. The van der Waals surface area contributed by atoms with Crippen molar-refractivity contribution in [1.82, 2.24) is 9.88 Å². The number of likely N-dealkylation sites (N-methyl/N-ethyl adjacent to an activating group) is 1. The normalized spacial score (nSPS) is 30.8. The van der Waals surface area contributed by atoms with Crippen molar-refractivity contribution >= 4 is 21.7 Å². The second kappa shape index (κ2) is 6.01. The molecule has 8 rings (SSSR count). The first-order chi connectivity index (χ1) is 16.4. The molecule has 0 radical (unpaired) electrons. The second-order valence-electron chi connectivity index (χ2n) is 11.5. The van der Waals surface area contributed by atoms with E-state index in [-0.39, 0.29) is 16.9 Å². The highest BCUT2D eigenvalue weighted by Gasteiger charge is 2.70. The van der Waals surface area contributed by atoms with Crippen molar-refractivity contribution in [2.24, 2.45) is 5.41 Å². The molecule has 4 aliphatic rings. The van der Waals surface area contributed by atoms with Crippen LogP contribution in [0.1, 0.15) is 53.0 Å². The zero-order valence-corrected chi connectivity index (χ0v) is 20.4. The van der Waals surface area contributed by atoms with Gasteiger partial charge in [-0.25, -0.2) is 4.98 Å².